The molecule has 0 bridgehead atoms. The van der Waals surface area contributed by atoms with E-state index in [1.54, 1.807) is 0 Å². The lowest BCUT2D eigenvalue weighted by atomic mass is 10.2. The van der Waals surface area contributed by atoms with Crippen molar-refractivity contribution in [2.75, 3.05) is 6.26 Å². The minimum absolute atomic E-state index is 0.470. The minimum atomic E-state index is -2.48. The Kier molecular flexibility index (Phi) is 5.26. The Morgan fingerprint density at radius 1 is 1.55 bits per heavy atom. The van der Waals surface area contributed by atoms with Crippen LogP contribution in [0.4, 0.5) is 0 Å². The van der Waals surface area contributed by atoms with Crippen molar-refractivity contribution in [3.63, 3.8) is 0 Å². The van der Waals surface area contributed by atoms with Crippen LogP contribution in [0.1, 0.15) is 26.7 Å². The highest BCUT2D eigenvalue weighted by Crippen LogP contribution is 2.38. The molecule has 0 saturated carbocycles. The van der Waals surface area contributed by atoms with E-state index in [1.165, 1.54) is 11.8 Å². The molecular weight excluding hydrogens is 183 g/mol. The number of thioether (sulfide) groups is 1. The van der Waals surface area contributed by atoms with E-state index in [4.69, 9.17) is 9.42 Å². The first-order valence-corrected chi connectivity index (χ1v) is 5.86. The van der Waals surface area contributed by atoms with Gasteiger partial charge in [0.15, 0.2) is 4.93 Å². The van der Waals surface area contributed by atoms with Crippen LogP contribution in [0.15, 0.2) is 0 Å². The third-order valence-corrected chi connectivity index (χ3v) is 3.73. The molecule has 0 radical (unpaired) electrons. The molecule has 0 aliphatic carbocycles. The summed E-state index contributed by atoms with van der Waals surface area (Å²) >= 11 is 1.48. The summed E-state index contributed by atoms with van der Waals surface area (Å²) in [5.74, 6) is 0. The zero-order valence-electron chi connectivity index (χ0n) is 7.03. The van der Waals surface area contributed by atoms with Gasteiger partial charge in [0.25, 0.3) is 0 Å². The van der Waals surface area contributed by atoms with Crippen molar-refractivity contribution < 1.29 is 14.0 Å². The second kappa shape index (κ2) is 5.09. The van der Waals surface area contributed by atoms with Crippen molar-refractivity contribution in [2.45, 2.75) is 31.6 Å². The fourth-order valence-electron chi connectivity index (χ4n) is 0.847. The zero-order valence-corrected chi connectivity index (χ0v) is 8.74. The van der Waals surface area contributed by atoms with Crippen LogP contribution in [0.3, 0.4) is 0 Å². The highest BCUT2D eigenvalue weighted by Gasteiger charge is 2.36. The van der Waals surface area contributed by atoms with E-state index in [9.17, 15) is 4.57 Å². The topological polar surface area (TPSA) is 46.5 Å². The molecule has 1 N–H and O–H groups in total. The van der Waals surface area contributed by atoms with Gasteiger partial charge < -0.3 is 0 Å². The van der Waals surface area contributed by atoms with Gasteiger partial charge in [-0.3, -0.25) is 0 Å². The molecule has 66 valence electrons. The van der Waals surface area contributed by atoms with Gasteiger partial charge in [0, 0.05) is 4.57 Å². The maximum Gasteiger partial charge on any atom is 0.696 e. The minimum Gasteiger partial charge on any atom is -0.133 e. The van der Waals surface area contributed by atoms with Gasteiger partial charge in [-0.05, 0) is 19.1 Å². The first kappa shape index (κ1) is 11.4. The number of rotatable bonds is 5. The van der Waals surface area contributed by atoms with Crippen LogP contribution < -0.4 is 0 Å². The van der Waals surface area contributed by atoms with E-state index >= 15 is 0 Å². The van der Waals surface area contributed by atoms with Crippen molar-refractivity contribution in [1.29, 1.82) is 0 Å². The molecule has 0 aromatic carbocycles. The SMILES string of the molecule is CCC(CC)(O[P+](=O)O)SC. The van der Waals surface area contributed by atoms with Gasteiger partial charge >= 0.3 is 8.25 Å². The average molecular weight is 197 g/mol. The fraction of sp³-hybridized carbons (Fsp3) is 1.00. The molecular formula is C6H14O3PS+. The molecule has 3 nitrogen and oxygen atoms in total. The second-order valence-corrected chi connectivity index (χ2v) is 3.96. The Bertz CT molecular complexity index is 128. The monoisotopic (exact) mass is 197 g/mol. The van der Waals surface area contributed by atoms with Crippen LogP contribution in [0, 0.1) is 0 Å². The van der Waals surface area contributed by atoms with Gasteiger partial charge in [-0.25, -0.2) is 0 Å². The number of hydrogen-bond donors (Lipinski definition) is 1. The van der Waals surface area contributed by atoms with Crippen molar-refractivity contribution >= 4 is 20.0 Å². The van der Waals surface area contributed by atoms with Crippen LogP contribution in [-0.2, 0) is 9.09 Å². The largest absolute Gasteiger partial charge is 0.696 e. The normalized spacial score (nSPS) is 13.3. The lowest BCUT2D eigenvalue weighted by molar-refractivity contribution is 0.148. The Labute approximate surface area is 72.5 Å². The van der Waals surface area contributed by atoms with Gasteiger partial charge in [0.05, 0.1) is 0 Å². The third-order valence-electron chi connectivity index (χ3n) is 1.69. The molecule has 0 amide bonds. The maximum atomic E-state index is 10.4. The molecule has 1 atom stereocenters. The van der Waals surface area contributed by atoms with E-state index in [2.05, 4.69) is 0 Å². The molecule has 0 aromatic heterocycles. The summed E-state index contributed by atoms with van der Waals surface area (Å²) in [5.41, 5.74) is 0. The van der Waals surface area contributed by atoms with Crippen molar-refractivity contribution in [2.24, 2.45) is 0 Å². The quantitative estimate of drug-likeness (QED) is 0.543. The Morgan fingerprint density at radius 2 is 2.00 bits per heavy atom. The predicted octanol–water partition coefficient (Wildman–Crippen LogP) is 2.53. The van der Waals surface area contributed by atoms with E-state index < -0.39 is 13.2 Å². The number of hydrogen-bond acceptors (Lipinski definition) is 3. The molecule has 11 heavy (non-hydrogen) atoms. The fourth-order valence-corrected chi connectivity index (χ4v) is 2.46. The smallest absolute Gasteiger partial charge is 0.133 e. The maximum absolute atomic E-state index is 10.4. The Morgan fingerprint density at radius 3 is 2.09 bits per heavy atom. The summed E-state index contributed by atoms with van der Waals surface area (Å²) in [6, 6.07) is 0. The Balaban J connectivity index is 4.16. The van der Waals surface area contributed by atoms with Gasteiger partial charge in [-0.1, -0.05) is 13.8 Å². The molecule has 0 fully saturated rings. The lowest BCUT2D eigenvalue weighted by Crippen LogP contribution is -2.23. The Hall–Kier alpha value is 0.370. The van der Waals surface area contributed by atoms with Crippen molar-refractivity contribution in [3.05, 3.63) is 0 Å². The summed E-state index contributed by atoms with van der Waals surface area (Å²) in [6.07, 6.45) is 3.37. The molecule has 0 aliphatic heterocycles. The van der Waals surface area contributed by atoms with Gasteiger partial charge in [0.1, 0.15) is 0 Å². The zero-order chi connectivity index (χ0) is 8.91. The van der Waals surface area contributed by atoms with E-state index in [1.807, 2.05) is 20.1 Å². The lowest BCUT2D eigenvalue weighted by Gasteiger charge is -2.21. The summed E-state index contributed by atoms with van der Waals surface area (Å²) in [5, 5.41) is 0. The van der Waals surface area contributed by atoms with Crippen LogP contribution in [0.5, 0.6) is 0 Å². The van der Waals surface area contributed by atoms with Crippen LogP contribution in [-0.4, -0.2) is 16.1 Å². The van der Waals surface area contributed by atoms with Crippen molar-refractivity contribution in [3.8, 4) is 0 Å². The molecule has 0 saturated heterocycles. The predicted molar refractivity (Wildman–Crippen MR) is 47.7 cm³/mol. The standard InChI is InChI=1S/C6H13O3PS/c1-4-6(5-2,11-3)9-10(7)8/h4-5H2,1-3H3/p+1. The molecule has 0 spiro atoms. The molecule has 0 aliphatic rings. The van der Waals surface area contributed by atoms with E-state index in [0.29, 0.717) is 0 Å². The second-order valence-electron chi connectivity index (χ2n) is 2.15. The third kappa shape index (κ3) is 3.52. The van der Waals surface area contributed by atoms with Crippen LogP contribution >= 0.6 is 20.0 Å². The molecule has 5 heteroatoms. The first-order valence-electron chi connectivity index (χ1n) is 3.50. The van der Waals surface area contributed by atoms with Gasteiger partial charge in [-0.2, -0.15) is 0 Å². The summed E-state index contributed by atoms with van der Waals surface area (Å²) < 4.78 is 15.3. The van der Waals surface area contributed by atoms with Gasteiger partial charge in [0.2, 0.25) is 0 Å². The van der Waals surface area contributed by atoms with Crippen LogP contribution in [0.25, 0.3) is 0 Å². The highest BCUT2D eigenvalue weighted by molar-refractivity contribution is 7.99. The summed E-state index contributed by atoms with van der Waals surface area (Å²) in [6.45, 7) is 3.89. The highest BCUT2D eigenvalue weighted by atomic mass is 32.2. The average Bonchev–Trinajstić information content (AvgIpc) is 2.00. The van der Waals surface area contributed by atoms with Crippen LogP contribution in [0.2, 0.25) is 0 Å². The first-order chi connectivity index (χ1) is 5.10. The summed E-state index contributed by atoms with van der Waals surface area (Å²) in [4.78, 5) is 8.08. The molecule has 0 heterocycles. The molecule has 0 rings (SSSR count). The molecule has 0 aromatic rings. The molecule has 1 unspecified atom stereocenters. The van der Waals surface area contributed by atoms with E-state index in [-0.39, 0.29) is 0 Å². The summed E-state index contributed by atoms with van der Waals surface area (Å²) in [7, 11) is -2.48. The van der Waals surface area contributed by atoms with Crippen molar-refractivity contribution in [1.82, 2.24) is 0 Å². The van der Waals surface area contributed by atoms with Gasteiger partial charge in [-0.15, -0.1) is 21.2 Å². The van der Waals surface area contributed by atoms with E-state index in [0.717, 1.165) is 12.8 Å².